The van der Waals surface area contributed by atoms with E-state index in [-0.39, 0.29) is 4.90 Å². The second kappa shape index (κ2) is 9.05. The molecule has 1 aromatic heterocycles. The van der Waals surface area contributed by atoms with Crippen molar-refractivity contribution in [2.45, 2.75) is 16.5 Å². The van der Waals surface area contributed by atoms with E-state index in [0.717, 1.165) is 11.1 Å². The highest BCUT2D eigenvalue weighted by molar-refractivity contribution is 7.98. The number of primary sulfonamides is 1. The smallest absolute Gasteiger partial charge is 0.238 e. The molecule has 2 aromatic carbocycles. The number of hydrogen-bond acceptors (Lipinski definition) is 7. The fourth-order valence-corrected chi connectivity index (χ4v) is 3.62. The maximum absolute atomic E-state index is 11.3. The molecule has 0 aliphatic heterocycles. The van der Waals surface area contributed by atoms with Crippen molar-refractivity contribution >= 4 is 27.6 Å². The Morgan fingerprint density at radius 3 is 2.38 bits per heavy atom. The zero-order valence-corrected chi connectivity index (χ0v) is 17.3. The predicted molar refractivity (Wildman–Crippen MR) is 114 cm³/mol. The van der Waals surface area contributed by atoms with Gasteiger partial charge in [0.25, 0.3) is 0 Å². The molecule has 0 saturated heterocycles. The number of anilines is 1. The van der Waals surface area contributed by atoms with Crippen molar-refractivity contribution in [1.82, 2.24) is 9.97 Å². The van der Waals surface area contributed by atoms with Crippen molar-refractivity contribution in [1.29, 1.82) is 5.26 Å². The first kappa shape index (κ1) is 20.8. The summed E-state index contributed by atoms with van der Waals surface area (Å²) in [4.78, 5) is 9.04. The fourth-order valence-electron chi connectivity index (χ4n) is 2.74. The molecule has 3 aromatic rings. The Morgan fingerprint density at radius 1 is 1.10 bits per heavy atom. The lowest BCUT2D eigenvalue weighted by atomic mass is 10.1. The summed E-state index contributed by atoms with van der Waals surface area (Å²) in [6, 6.07) is 18.1. The van der Waals surface area contributed by atoms with Crippen molar-refractivity contribution in [3.05, 3.63) is 65.7 Å². The summed E-state index contributed by atoms with van der Waals surface area (Å²) < 4.78 is 22.7. The number of aromatic nitrogens is 2. The lowest BCUT2D eigenvalue weighted by Gasteiger charge is -2.12. The third-order valence-electron chi connectivity index (χ3n) is 4.19. The average molecular weight is 426 g/mol. The van der Waals surface area contributed by atoms with Gasteiger partial charge < -0.3 is 5.32 Å². The summed E-state index contributed by atoms with van der Waals surface area (Å²) >= 11 is 1.40. The lowest BCUT2D eigenvalue weighted by Crippen LogP contribution is -2.12. The Labute approximate surface area is 174 Å². The molecule has 0 aliphatic rings. The number of nitrogens with one attached hydrogen (secondary N) is 1. The van der Waals surface area contributed by atoms with Crippen molar-refractivity contribution in [2.24, 2.45) is 5.14 Å². The highest BCUT2D eigenvalue weighted by Gasteiger charge is 2.15. The quantitative estimate of drug-likeness (QED) is 0.441. The summed E-state index contributed by atoms with van der Waals surface area (Å²) in [5.41, 5.74) is 2.76. The Kier molecular flexibility index (Phi) is 6.49. The van der Waals surface area contributed by atoms with E-state index in [4.69, 9.17) is 5.14 Å². The number of hydrogen-bond donors (Lipinski definition) is 2. The molecule has 0 unspecified atom stereocenters. The number of thioether (sulfide) groups is 1. The maximum Gasteiger partial charge on any atom is 0.238 e. The Balaban J connectivity index is 1.81. The van der Waals surface area contributed by atoms with Crippen LogP contribution in [0.25, 0.3) is 11.3 Å². The molecule has 0 bridgehead atoms. The van der Waals surface area contributed by atoms with E-state index < -0.39 is 10.0 Å². The van der Waals surface area contributed by atoms with Crippen LogP contribution < -0.4 is 10.5 Å². The molecular formula is C20H19N5O2S2. The van der Waals surface area contributed by atoms with Gasteiger partial charge in [-0.05, 0) is 30.4 Å². The zero-order chi connectivity index (χ0) is 20.9. The van der Waals surface area contributed by atoms with Crippen molar-refractivity contribution < 1.29 is 8.42 Å². The van der Waals surface area contributed by atoms with Crippen LogP contribution >= 0.6 is 11.8 Å². The maximum atomic E-state index is 11.3. The van der Waals surface area contributed by atoms with E-state index in [9.17, 15) is 13.7 Å². The summed E-state index contributed by atoms with van der Waals surface area (Å²) in [5.74, 6) is 0.479. The number of sulfonamides is 1. The predicted octanol–water partition coefficient (Wildman–Crippen LogP) is 3.04. The second-order valence-corrected chi connectivity index (χ2v) is 8.46. The first-order chi connectivity index (χ1) is 13.9. The molecule has 0 saturated carbocycles. The molecule has 0 amide bonds. The molecule has 0 aliphatic carbocycles. The van der Waals surface area contributed by atoms with Gasteiger partial charge in [-0.1, -0.05) is 54.2 Å². The molecule has 3 N–H and O–H groups in total. The standard InChI is InChI=1S/C20H19N5O2S2/c1-28-20-24-18(15-5-3-2-4-6-15)17(13-21)19(25-20)23-12-11-14-7-9-16(10-8-14)29(22,26)27/h2-10H,11-12H2,1H3,(H2,22,26,27)(H,23,24,25). The van der Waals surface area contributed by atoms with Crippen LogP contribution in [-0.4, -0.2) is 31.2 Å². The van der Waals surface area contributed by atoms with Crippen LogP contribution in [0.4, 0.5) is 5.82 Å². The van der Waals surface area contributed by atoms with E-state index in [1.54, 1.807) is 12.1 Å². The SMILES string of the molecule is CSc1nc(NCCc2ccc(S(N)(=O)=O)cc2)c(C#N)c(-c2ccccc2)n1. The van der Waals surface area contributed by atoms with Crippen LogP contribution in [0.2, 0.25) is 0 Å². The van der Waals surface area contributed by atoms with Gasteiger partial charge in [-0.25, -0.2) is 23.5 Å². The Morgan fingerprint density at radius 2 is 1.79 bits per heavy atom. The largest absolute Gasteiger partial charge is 0.368 e. The minimum Gasteiger partial charge on any atom is -0.368 e. The van der Waals surface area contributed by atoms with E-state index in [1.165, 1.54) is 23.9 Å². The Hall–Kier alpha value is -2.93. The monoisotopic (exact) mass is 425 g/mol. The minimum atomic E-state index is -3.70. The summed E-state index contributed by atoms with van der Waals surface area (Å²) in [6.07, 6.45) is 2.50. The minimum absolute atomic E-state index is 0.0777. The molecular weight excluding hydrogens is 406 g/mol. The van der Waals surface area contributed by atoms with Gasteiger partial charge in [0, 0.05) is 12.1 Å². The number of nitriles is 1. The van der Waals surface area contributed by atoms with Crippen molar-refractivity contribution in [3.8, 4) is 17.3 Å². The number of rotatable bonds is 7. The van der Waals surface area contributed by atoms with Crippen LogP contribution in [0, 0.1) is 11.3 Å². The van der Waals surface area contributed by atoms with Gasteiger partial charge in [0.15, 0.2) is 5.16 Å². The van der Waals surface area contributed by atoms with Gasteiger partial charge in [-0.15, -0.1) is 0 Å². The summed E-state index contributed by atoms with van der Waals surface area (Å²) in [5, 5.41) is 18.6. The third kappa shape index (κ3) is 5.12. The molecule has 7 nitrogen and oxygen atoms in total. The van der Waals surface area contributed by atoms with E-state index in [1.807, 2.05) is 36.6 Å². The number of nitrogens with zero attached hydrogens (tertiary/aromatic N) is 3. The molecule has 0 spiro atoms. The molecule has 0 atom stereocenters. The van der Waals surface area contributed by atoms with Crippen molar-refractivity contribution in [2.75, 3.05) is 18.1 Å². The molecule has 29 heavy (non-hydrogen) atoms. The van der Waals surface area contributed by atoms with Gasteiger partial charge in [-0.2, -0.15) is 5.26 Å². The molecule has 9 heteroatoms. The second-order valence-electron chi connectivity index (χ2n) is 6.13. The molecule has 1 heterocycles. The van der Waals surface area contributed by atoms with Gasteiger partial charge >= 0.3 is 0 Å². The van der Waals surface area contributed by atoms with Gasteiger partial charge in [0.2, 0.25) is 10.0 Å². The summed E-state index contributed by atoms with van der Waals surface area (Å²) in [6.45, 7) is 0.516. The average Bonchev–Trinajstić information content (AvgIpc) is 2.73. The fraction of sp³-hybridized carbons (Fsp3) is 0.150. The summed E-state index contributed by atoms with van der Waals surface area (Å²) in [7, 11) is -3.70. The third-order valence-corrected chi connectivity index (χ3v) is 5.67. The topological polar surface area (TPSA) is 122 Å². The lowest BCUT2D eigenvalue weighted by molar-refractivity contribution is 0.598. The molecule has 148 valence electrons. The highest BCUT2D eigenvalue weighted by atomic mass is 32.2. The Bertz CT molecular complexity index is 1140. The van der Waals surface area contributed by atoms with Crippen LogP contribution in [0.3, 0.4) is 0 Å². The van der Waals surface area contributed by atoms with E-state index in [0.29, 0.717) is 35.2 Å². The first-order valence-electron chi connectivity index (χ1n) is 8.69. The molecule has 0 radical (unpaired) electrons. The molecule has 3 rings (SSSR count). The zero-order valence-electron chi connectivity index (χ0n) is 15.7. The van der Waals surface area contributed by atoms with Crippen LogP contribution in [-0.2, 0) is 16.4 Å². The van der Waals surface area contributed by atoms with Crippen LogP contribution in [0.1, 0.15) is 11.1 Å². The van der Waals surface area contributed by atoms with Crippen molar-refractivity contribution in [3.63, 3.8) is 0 Å². The van der Waals surface area contributed by atoms with Crippen LogP contribution in [0.15, 0.2) is 64.6 Å². The van der Waals surface area contributed by atoms with Gasteiger partial charge in [0.1, 0.15) is 17.5 Å². The van der Waals surface area contributed by atoms with E-state index in [2.05, 4.69) is 21.4 Å². The molecule has 0 fully saturated rings. The van der Waals surface area contributed by atoms with Crippen LogP contribution in [0.5, 0.6) is 0 Å². The van der Waals surface area contributed by atoms with Gasteiger partial charge in [0.05, 0.1) is 10.6 Å². The number of benzene rings is 2. The van der Waals surface area contributed by atoms with Gasteiger partial charge in [-0.3, -0.25) is 0 Å². The number of nitrogens with two attached hydrogens (primary N) is 1. The van der Waals surface area contributed by atoms with E-state index >= 15 is 0 Å². The normalized spacial score (nSPS) is 11.1. The first-order valence-corrected chi connectivity index (χ1v) is 11.5. The highest BCUT2D eigenvalue weighted by Crippen LogP contribution is 2.28.